The minimum absolute atomic E-state index is 0.0730. The van der Waals surface area contributed by atoms with Gasteiger partial charge in [-0.3, -0.25) is 4.79 Å². The lowest BCUT2D eigenvalue weighted by Crippen LogP contribution is -2.22. The summed E-state index contributed by atoms with van der Waals surface area (Å²) in [6, 6.07) is 12.6. The summed E-state index contributed by atoms with van der Waals surface area (Å²) in [5, 5.41) is 3.67. The molecule has 0 saturated carbocycles. The van der Waals surface area contributed by atoms with E-state index in [1.807, 2.05) is 6.07 Å². The van der Waals surface area contributed by atoms with Crippen LogP contribution in [0.3, 0.4) is 0 Å². The Labute approximate surface area is 171 Å². The van der Waals surface area contributed by atoms with E-state index in [-0.39, 0.29) is 11.7 Å². The maximum absolute atomic E-state index is 11.4. The third-order valence-electron chi connectivity index (χ3n) is 5.65. The molecule has 0 fully saturated rings. The van der Waals surface area contributed by atoms with E-state index in [2.05, 4.69) is 35.6 Å². The first-order chi connectivity index (χ1) is 13.7. The van der Waals surface area contributed by atoms with Gasteiger partial charge in [0.2, 0.25) is 5.12 Å². The molecule has 2 aromatic rings. The van der Waals surface area contributed by atoms with Crippen LogP contribution in [0.1, 0.15) is 41.9 Å². The van der Waals surface area contributed by atoms with E-state index in [4.69, 9.17) is 9.47 Å². The van der Waals surface area contributed by atoms with Crippen LogP contribution in [-0.4, -0.2) is 31.9 Å². The number of fused-ring (bicyclic) bond motifs is 2. The van der Waals surface area contributed by atoms with Crippen molar-refractivity contribution in [1.29, 1.82) is 0 Å². The van der Waals surface area contributed by atoms with Crippen LogP contribution < -0.4 is 14.8 Å². The Morgan fingerprint density at radius 3 is 3.07 bits per heavy atom. The molecule has 4 rings (SSSR count). The van der Waals surface area contributed by atoms with Gasteiger partial charge in [0.25, 0.3) is 0 Å². The van der Waals surface area contributed by atoms with E-state index in [9.17, 15) is 4.79 Å². The molecule has 2 aromatic carbocycles. The fraction of sp³-hybridized carbons (Fsp3) is 0.435. The average molecular weight is 398 g/mol. The molecular weight excluding hydrogens is 370 g/mol. The zero-order valence-corrected chi connectivity index (χ0v) is 17.1. The van der Waals surface area contributed by atoms with Crippen molar-refractivity contribution in [2.75, 3.05) is 26.8 Å². The predicted octanol–water partition coefficient (Wildman–Crippen LogP) is 4.35. The summed E-state index contributed by atoms with van der Waals surface area (Å²) in [7, 11) is 1.77. The lowest BCUT2D eigenvalue weighted by atomic mass is 9.80. The molecular formula is C23H27NO3S. The number of rotatable bonds is 7. The molecule has 0 bridgehead atoms. The van der Waals surface area contributed by atoms with Gasteiger partial charge in [0.05, 0.1) is 12.0 Å². The summed E-state index contributed by atoms with van der Waals surface area (Å²) in [6.07, 6.45) is 5.76. The van der Waals surface area contributed by atoms with Gasteiger partial charge in [0, 0.05) is 0 Å². The fourth-order valence-corrected chi connectivity index (χ4v) is 4.95. The Morgan fingerprint density at radius 1 is 1.25 bits per heavy atom. The SMILES string of the molecule is COc1cccc2c1CCCC2CCNCCc1ccc2c(c1)OCC(=O)S2. The van der Waals surface area contributed by atoms with E-state index >= 15 is 0 Å². The van der Waals surface area contributed by atoms with Gasteiger partial charge in [-0.2, -0.15) is 0 Å². The Balaban J connectivity index is 1.26. The van der Waals surface area contributed by atoms with Gasteiger partial charge >= 0.3 is 0 Å². The van der Waals surface area contributed by atoms with Crippen molar-refractivity contribution in [3.63, 3.8) is 0 Å². The molecule has 1 aliphatic carbocycles. The first-order valence-electron chi connectivity index (χ1n) is 10.1. The lowest BCUT2D eigenvalue weighted by Gasteiger charge is -2.27. The highest BCUT2D eigenvalue weighted by Gasteiger charge is 2.22. The summed E-state index contributed by atoms with van der Waals surface area (Å²) < 4.78 is 11.1. The molecule has 1 unspecified atom stereocenters. The van der Waals surface area contributed by atoms with Crippen molar-refractivity contribution < 1.29 is 14.3 Å². The standard InChI is InChI=1S/C23H27NO3S/c1-26-20-7-3-5-18-17(4-2-6-19(18)20)11-13-24-12-10-16-8-9-22-21(14-16)27-15-23(25)28-22/h3,5,7-9,14,17,24H,2,4,6,10-13,15H2,1H3. The number of benzene rings is 2. The van der Waals surface area contributed by atoms with Gasteiger partial charge in [-0.25, -0.2) is 0 Å². The Bertz CT molecular complexity index is 852. The largest absolute Gasteiger partial charge is 0.496 e. The van der Waals surface area contributed by atoms with Crippen LogP contribution in [0.2, 0.25) is 0 Å². The molecule has 5 heteroatoms. The molecule has 0 amide bonds. The molecule has 0 saturated heterocycles. The van der Waals surface area contributed by atoms with Crippen molar-refractivity contribution >= 4 is 16.9 Å². The molecule has 1 atom stereocenters. The molecule has 1 N–H and O–H groups in total. The number of ether oxygens (including phenoxy) is 2. The van der Waals surface area contributed by atoms with Gasteiger partial charge in [-0.1, -0.05) is 18.2 Å². The third-order valence-corrected chi connectivity index (χ3v) is 6.55. The second-order valence-corrected chi connectivity index (χ2v) is 8.55. The normalized spacial score (nSPS) is 18.2. The number of carbonyl (C=O) groups excluding carboxylic acids is 1. The topological polar surface area (TPSA) is 47.6 Å². The van der Waals surface area contributed by atoms with Crippen molar-refractivity contribution in [2.24, 2.45) is 0 Å². The molecule has 4 nitrogen and oxygen atoms in total. The minimum atomic E-state index is 0.0730. The van der Waals surface area contributed by atoms with Crippen LogP contribution in [0.15, 0.2) is 41.3 Å². The zero-order chi connectivity index (χ0) is 19.3. The second kappa shape index (κ2) is 9.01. The van der Waals surface area contributed by atoms with Crippen molar-refractivity contribution in [3.05, 3.63) is 53.1 Å². The first-order valence-corrected chi connectivity index (χ1v) is 10.9. The van der Waals surface area contributed by atoms with Crippen LogP contribution in [0.25, 0.3) is 0 Å². The van der Waals surface area contributed by atoms with Crippen LogP contribution in [0.5, 0.6) is 11.5 Å². The number of hydrogen-bond donors (Lipinski definition) is 1. The van der Waals surface area contributed by atoms with Crippen LogP contribution in [-0.2, 0) is 17.6 Å². The number of thioether (sulfide) groups is 1. The molecule has 1 aliphatic heterocycles. The summed E-state index contributed by atoms with van der Waals surface area (Å²) >= 11 is 1.28. The predicted molar refractivity (Wildman–Crippen MR) is 113 cm³/mol. The number of carbonyl (C=O) groups is 1. The quantitative estimate of drug-likeness (QED) is 0.704. The first kappa shape index (κ1) is 19.3. The summed E-state index contributed by atoms with van der Waals surface area (Å²) in [6.45, 7) is 2.14. The molecule has 2 aliphatic rings. The van der Waals surface area contributed by atoms with E-state index < -0.39 is 0 Å². The highest BCUT2D eigenvalue weighted by molar-refractivity contribution is 8.13. The Hall–Kier alpha value is -1.98. The summed E-state index contributed by atoms with van der Waals surface area (Å²) in [5.41, 5.74) is 4.13. The number of methoxy groups -OCH3 is 1. The average Bonchev–Trinajstić information content (AvgIpc) is 2.73. The molecule has 0 spiro atoms. The summed E-state index contributed by atoms with van der Waals surface area (Å²) in [5.74, 6) is 2.51. The molecule has 0 aromatic heterocycles. The fourth-order valence-electron chi connectivity index (χ4n) is 4.23. The summed E-state index contributed by atoms with van der Waals surface area (Å²) in [4.78, 5) is 12.3. The van der Waals surface area contributed by atoms with Crippen LogP contribution in [0, 0.1) is 0 Å². The van der Waals surface area contributed by atoms with Gasteiger partial charge in [-0.05, 0) is 97.8 Å². The molecule has 148 valence electrons. The highest BCUT2D eigenvalue weighted by Crippen LogP contribution is 2.38. The maximum Gasteiger partial charge on any atom is 0.231 e. The van der Waals surface area contributed by atoms with Gasteiger partial charge in [0.1, 0.15) is 11.5 Å². The Kier molecular flexibility index (Phi) is 6.23. The van der Waals surface area contributed by atoms with Crippen LogP contribution in [0.4, 0.5) is 0 Å². The van der Waals surface area contributed by atoms with E-state index in [0.717, 1.165) is 48.7 Å². The number of hydrogen-bond acceptors (Lipinski definition) is 5. The van der Waals surface area contributed by atoms with E-state index in [1.165, 1.54) is 41.3 Å². The van der Waals surface area contributed by atoms with Gasteiger partial charge in [-0.15, -0.1) is 0 Å². The van der Waals surface area contributed by atoms with Gasteiger partial charge in [0.15, 0.2) is 6.61 Å². The minimum Gasteiger partial charge on any atom is -0.496 e. The monoisotopic (exact) mass is 397 g/mol. The molecule has 1 heterocycles. The van der Waals surface area contributed by atoms with Crippen molar-refractivity contribution in [2.45, 2.75) is 42.9 Å². The zero-order valence-electron chi connectivity index (χ0n) is 16.3. The third kappa shape index (κ3) is 4.36. The van der Waals surface area contributed by atoms with Crippen molar-refractivity contribution in [1.82, 2.24) is 5.32 Å². The van der Waals surface area contributed by atoms with Gasteiger partial charge < -0.3 is 14.8 Å². The Morgan fingerprint density at radius 2 is 2.18 bits per heavy atom. The number of nitrogens with one attached hydrogen (secondary N) is 1. The van der Waals surface area contributed by atoms with E-state index in [1.54, 1.807) is 7.11 Å². The van der Waals surface area contributed by atoms with Crippen molar-refractivity contribution in [3.8, 4) is 11.5 Å². The maximum atomic E-state index is 11.4. The highest BCUT2D eigenvalue weighted by atomic mass is 32.2. The van der Waals surface area contributed by atoms with E-state index in [0.29, 0.717) is 5.92 Å². The lowest BCUT2D eigenvalue weighted by molar-refractivity contribution is -0.113. The van der Waals surface area contributed by atoms with Crippen LogP contribution >= 0.6 is 11.8 Å². The molecule has 28 heavy (non-hydrogen) atoms. The second-order valence-electron chi connectivity index (χ2n) is 7.45. The molecule has 0 radical (unpaired) electrons. The smallest absolute Gasteiger partial charge is 0.231 e.